The minimum atomic E-state index is -0.159. The Labute approximate surface area is 169 Å². The van der Waals surface area contributed by atoms with E-state index in [1.54, 1.807) is 6.21 Å². The summed E-state index contributed by atoms with van der Waals surface area (Å²) in [7, 11) is 1.95. The number of thioether (sulfide) groups is 1. The van der Waals surface area contributed by atoms with E-state index in [0.717, 1.165) is 34.8 Å². The van der Waals surface area contributed by atoms with Crippen molar-refractivity contribution in [2.24, 2.45) is 12.1 Å². The molecule has 28 heavy (non-hydrogen) atoms. The zero-order chi connectivity index (χ0) is 19.9. The molecule has 0 aliphatic heterocycles. The van der Waals surface area contributed by atoms with Gasteiger partial charge in [0.2, 0.25) is 0 Å². The monoisotopic (exact) mass is 395 g/mol. The van der Waals surface area contributed by atoms with Crippen LogP contribution in [0.25, 0.3) is 11.0 Å². The molecule has 0 spiro atoms. The quantitative estimate of drug-likeness (QED) is 0.359. The number of nitrogens with one attached hydrogen (secondary N) is 1. The lowest BCUT2D eigenvalue weighted by Crippen LogP contribution is -2.21. The van der Waals surface area contributed by atoms with Gasteiger partial charge in [0.05, 0.1) is 23.0 Å². The van der Waals surface area contributed by atoms with Crippen molar-refractivity contribution in [3.63, 3.8) is 0 Å². The van der Waals surface area contributed by atoms with Crippen LogP contribution in [-0.4, -0.2) is 40.5 Å². The molecule has 6 nitrogen and oxygen atoms in total. The van der Waals surface area contributed by atoms with Crippen molar-refractivity contribution in [1.29, 1.82) is 0 Å². The summed E-state index contributed by atoms with van der Waals surface area (Å²) in [6.07, 6.45) is 1.66. The molecule has 0 aliphatic carbocycles. The summed E-state index contributed by atoms with van der Waals surface area (Å²) in [4.78, 5) is 18.9. The number of nitrogens with zero attached hydrogens (tertiary/aromatic N) is 4. The van der Waals surface area contributed by atoms with E-state index in [-0.39, 0.29) is 11.7 Å². The Morgan fingerprint density at radius 2 is 1.89 bits per heavy atom. The number of aromatic nitrogens is 2. The standard InChI is InChI=1S/C21H25N5OS/c1-4-26(5-2)17-12-10-16(11-13-17)14-22-24-20(27)15-28-21-23-18-8-6-7-9-19(18)25(21)3/h6-14H,4-5,15H2,1-3H3,(H,24,27). The van der Waals surface area contributed by atoms with E-state index in [0.29, 0.717) is 0 Å². The number of aryl methyl sites for hydroxylation is 1. The fraction of sp³-hybridized carbons (Fsp3) is 0.286. The molecule has 1 heterocycles. The van der Waals surface area contributed by atoms with Crippen molar-refractivity contribution in [2.45, 2.75) is 19.0 Å². The van der Waals surface area contributed by atoms with Crippen LogP contribution in [0.5, 0.6) is 0 Å². The van der Waals surface area contributed by atoms with E-state index < -0.39 is 0 Å². The van der Waals surface area contributed by atoms with E-state index in [9.17, 15) is 4.79 Å². The van der Waals surface area contributed by atoms with E-state index >= 15 is 0 Å². The van der Waals surface area contributed by atoms with Crippen molar-refractivity contribution in [2.75, 3.05) is 23.7 Å². The number of hydrogen-bond acceptors (Lipinski definition) is 5. The van der Waals surface area contributed by atoms with Gasteiger partial charge in [0.15, 0.2) is 5.16 Å². The number of hydrazone groups is 1. The first kappa shape index (κ1) is 19.9. The molecule has 1 amide bonds. The highest BCUT2D eigenvalue weighted by Crippen LogP contribution is 2.22. The molecule has 0 atom stereocenters. The molecule has 0 unspecified atom stereocenters. The molecule has 3 aromatic rings. The van der Waals surface area contributed by atoms with Gasteiger partial charge >= 0.3 is 0 Å². The van der Waals surface area contributed by atoms with Crippen LogP contribution in [-0.2, 0) is 11.8 Å². The predicted octanol–water partition coefficient (Wildman–Crippen LogP) is 3.66. The van der Waals surface area contributed by atoms with Crippen LogP contribution < -0.4 is 10.3 Å². The number of anilines is 1. The Bertz CT molecular complexity index is 961. The zero-order valence-corrected chi connectivity index (χ0v) is 17.2. The molecule has 0 saturated carbocycles. The van der Waals surface area contributed by atoms with Crippen LogP contribution in [0.3, 0.4) is 0 Å². The molecular formula is C21H25N5OS. The topological polar surface area (TPSA) is 62.5 Å². The van der Waals surface area contributed by atoms with E-state index in [2.05, 4.69) is 46.4 Å². The number of imidazole rings is 1. The highest BCUT2D eigenvalue weighted by atomic mass is 32.2. The van der Waals surface area contributed by atoms with Gasteiger partial charge < -0.3 is 9.47 Å². The van der Waals surface area contributed by atoms with Crippen LogP contribution in [0.15, 0.2) is 58.8 Å². The summed E-state index contributed by atoms with van der Waals surface area (Å²) < 4.78 is 1.99. The first-order valence-electron chi connectivity index (χ1n) is 9.33. The number of carbonyl (C=O) groups is 1. The first-order chi connectivity index (χ1) is 13.6. The molecule has 0 aliphatic rings. The molecular weight excluding hydrogens is 370 g/mol. The van der Waals surface area contributed by atoms with Crippen molar-refractivity contribution in [3.8, 4) is 0 Å². The molecule has 2 aromatic carbocycles. The summed E-state index contributed by atoms with van der Waals surface area (Å²) >= 11 is 1.40. The molecule has 1 aromatic heterocycles. The molecule has 7 heteroatoms. The zero-order valence-electron chi connectivity index (χ0n) is 16.4. The molecule has 1 N–H and O–H groups in total. The maximum Gasteiger partial charge on any atom is 0.250 e. The lowest BCUT2D eigenvalue weighted by Gasteiger charge is -2.20. The van der Waals surface area contributed by atoms with Gasteiger partial charge in [-0.05, 0) is 43.7 Å². The van der Waals surface area contributed by atoms with Crippen LogP contribution >= 0.6 is 11.8 Å². The Hall–Kier alpha value is -2.80. The average Bonchev–Trinajstić information content (AvgIpc) is 3.04. The average molecular weight is 396 g/mol. The van der Waals surface area contributed by atoms with Crippen LogP contribution in [0.1, 0.15) is 19.4 Å². The molecule has 0 bridgehead atoms. The Morgan fingerprint density at radius 1 is 1.18 bits per heavy atom. The minimum absolute atomic E-state index is 0.159. The van der Waals surface area contributed by atoms with Gasteiger partial charge in [-0.15, -0.1) is 0 Å². The molecule has 3 rings (SSSR count). The first-order valence-corrected chi connectivity index (χ1v) is 10.3. The van der Waals surface area contributed by atoms with Crippen molar-refractivity contribution >= 4 is 40.6 Å². The third-order valence-electron chi connectivity index (χ3n) is 4.50. The number of hydrogen-bond donors (Lipinski definition) is 1. The van der Waals surface area contributed by atoms with Crippen LogP contribution in [0.2, 0.25) is 0 Å². The van der Waals surface area contributed by atoms with E-state index in [1.165, 1.54) is 17.4 Å². The fourth-order valence-electron chi connectivity index (χ4n) is 2.95. The van der Waals surface area contributed by atoms with Gasteiger partial charge in [0.25, 0.3) is 5.91 Å². The lowest BCUT2D eigenvalue weighted by molar-refractivity contribution is -0.118. The highest BCUT2D eigenvalue weighted by molar-refractivity contribution is 7.99. The number of rotatable bonds is 8. The molecule has 0 radical (unpaired) electrons. The van der Waals surface area contributed by atoms with Gasteiger partial charge in [-0.2, -0.15) is 5.10 Å². The maximum absolute atomic E-state index is 12.1. The summed E-state index contributed by atoms with van der Waals surface area (Å²) in [5.74, 6) is 0.100. The van der Waals surface area contributed by atoms with Crippen LogP contribution in [0.4, 0.5) is 5.69 Å². The number of fused-ring (bicyclic) bond motifs is 1. The predicted molar refractivity (Wildman–Crippen MR) is 117 cm³/mol. The van der Waals surface area contributed by atoms with Gasteiger partial charge in [0, 0.05) is 25.8 Å². The molecule has 0 fully saturated rings. The number of carbonyl (C=O) groups excluding carboxylic acids is 1. The van der Waals surface area contributed by atoms with Crippen LogP contribution in [0, 0.1) is 0 Å². The number of amides is 1. The van der Waals surface area contributed by atoms with Gasteiger partial charge in [0.1, 0.15) is 0 Å². The third kappa shape index (κ3) is 4.72. The lowest BCUT2D eigenvalue weighted by atomic mass is 10.2. The van der Waals surface area contributed by atoms with Gasteiger partial charge in [-0.1, -0.05) is 36.0 Å². The summed E-state index contributed by atoms with van der Waals surface area (Å²) in [6, 6.07) is 16.1. The van der Waals surface area contributed by atoms with Gasteiger partial charge in [-0.3, -0.25) is 4.79 Å². The maximum atomic E-state index is 12.1. The van der Waals surface area contributed by atoms with Crippen molar-refractivity contribution in [1.82, 2.24) is 15.0 Å². The minimum Gasteiger partial charge on any atom is -0.372 e. The van der Waals surface area contributed by atoms with E-state index in [4.69, 9.17) is 0 Å². The molecule has 146 valence electrons. The summed E-state index contributed by atoms with van der Waals surface area (Å²) in [5, 5.41) is 4.87. The second-order valence-corrected chi connectivity index (χ2v) is 7.23. The second kappa shape index (κ2) is 9.41. The Balaban J connectivity index is 1.51. The highest BCUT2D eigenvalue weighted by Gasteiger charge is 2.09. The summed E-state index contributed by atoms with van der Waals surface area (Å²) in [5.41, 5.74) is 6.69. The Kier molecular flexibility index (Phi) is 6.71. The Morgan fingerprint density at radius 3 is 2.57 bits per heavy atom. The number of benzene rings is 2. The summed E-state index contributed by atoms with van der Waals surface area (Å²) in [6.45, 7) is 6.23. The van der Waals surface area contributed by atoms with Crippen molar-refractivity contribution < 1.29 is 4.79 Å². The molecule has 0 saturated heterocycles. The smallest absolute Gasteiger partial charge is 0.250 e. The number of para-hydroxylation sites is 2. The SMILES string of the molecule is CCN(CC)c1ccc(C=NNC(=O)CSc2nc3ccccc3n2C)cc1. The second-order valence-electron chi connectivity index (χ2n) is 6.29. The van der Waals surface area contributed by atoms with Crippen molar-refractivity contribution in [3.05, 3.63) is 54.1 Å². The fourth-order valence-corrected chi connectivity index (χ4v) is 3.73. The third-order valence-corrected chi connectivity index (χ3v) is 5.53. The van der Waals surface area contributed by atoms with Gasteiger partial charge in [-0.25, -0.2) is 10.4 Å². The van der Waals surface area contributed by atoms with E-state index in [1.807, 2.05) is 48.0 Å². The largest absolute Gasteiger partial charge is 0.372 e. The normalized spacial score (nSPS) is 11.2.